The second-order valence-electron chi connectivity index (χ2n) is 7.27. The van der Waals surface area contributed by atoms with Crippen molar-refractivity contribution in [3.63, 3.8) is 0 Å². The molecule has 0 radical (unpaired) electrons. The minimum Gasteiger partial charge on any atom is -0.455 e. The summed E-state index contributed by atoms with van der Waals surface area (Å²) in [5.41, 5.74) is 2.16. The molecule has 1 aromatic carbocycles. The molecular weight excluding hydrogens is 398 g/mol. The number of aryl methyl sites for hydroxylation is 2. The van der Waals surface area contributed by atoms with E-state index in [9.17, 15) is 22.8 Å². The molecule has 0 heterocycles. The molecule has 0 spiro atoms. The van der Waals surface area contributed by atoms with E-state index >= 15 is 0 Å². The molecule has 0 saturated carbocycles. The van der Waals surface area contributed by atoms with Gasteiger partial charge in [0.1, 0.15) is 6.54 Å². The summed E-state index contributed by atoms with van der Waals surface area (Å²) in [6, 6.07) is 4.26. The lowest BCUT2D eigenvalue weighted by molar-refractivity contribution is -0.147. The number of fused-ring (bicyclic) bond motifs is 1. The summed E-state index contributed by atoms with van der Waals surface area (Å²) in [6.45, 7) is 2.88. The fraction of sp³-hybridized carbons (Fsp3) is 0.526. The summed E-state index contributed by atoms with van der Waals surface area (Å²) in [5, 5.41) is 4.50. The van der Waals surface area contributed by atoms with Crippen molar-refractivity contribution in [3.05, 3.63) is 29.3 Å². The number of hydrogen-bond donors (Lipinski definition) is 3. The number of carbonyl (C=O) groups is 3. The van der Waals surface area contributed by atoms with Gasteiger partial charge in [-0.3, -0.25) is 14.9 Å². The number of esters is 1. The number of amides is 3. The topological polar surface area (TPSA) is 131 Å². The predicted molar refractivity (Wildman–Crippen MR) is 106 cm³/mol. The first-order valence-electron chi connectivity index (χ1n) is 9.52. The molecule has 0 unspecified atom stereocenters. The third kappa shape index (κ3) is 7.47. The predicted octanol–water partition coefficient (Wildman–Crippen LogP) is 0.869. The van der Waals surface area contributed by atoms with E-state index in [2.05, 4.69) is 10.0 Å². The molecule has 0 fully saturated rings. The number of carbonyl (C=O) groups excluding carboxylic acids is 3. The van der Waals surface area contributed by atoms with Gasteiger partial charge in [-0.1, -0.05) is 19.9 Å². The van der Waals surface area contributed by atoms with E-state index in [4.69, 9.17) is 4.74 Å². The number of nitrogens with one attached hydrogen (secondary N) is 3. The zero-order chi connectivity index (χ0) is 21.4. The summed E-state index contributed by atoms with van der Waals surface area (Å²) in [4.78, 5) is 34.8. The molecule has 0 aromatic heterocycles. The van der Waals surface area contributed by atoms with Crippen molar-refractivity contribution >= 4 is 27.9 Å². The van der Waals surface area contributed by atoms with Crippen LogP contribution in [0.4, 0.5) is 4.79 Å². The van der Waals surface area contributed by atoms with Gasteiger partial charge in [0.05, 0.1) is 4.90 Å². The Labute approximate surface area is 170 Å². The highest BCUT2D eigenvalue weighted by Gasteiger charge is 2.19. The molecule has 9 nitrogen and oxygen atoms in total. The SMILES string of the molecule is CC(C)CNC(=O)NC(=O)COC(=O)CNS(=O)(=O)c1ccc2c(c1)CCCC2. The quantitative estimate of drug-likeness (QED) is 0.530. The van der Waals surface area contributed by atoms with E-state index in [1.165, 1.54) is 6.07 Å². The molecule has 0 bridgehead atoms. The van der Waals surface area contributed by atoms with Crippen molar-refractivity contribution in [2.75, 3.05) is 19.7 Å². The fourth-order valence-electron chi connectivity index (χ4n) is 2.82. The summed E-state index contributed by atoms with van der Waals surface area (Å²) >= 11 is 0. The highest BCUT2D eigenvalue weighted by molar-refractivity contribution is 7.89. The molecule has 3 N–H and O–H groups in total. The van der Waals surface area contributed by atoms with Crippen LogP contribution in [0.1, 0.15) is 37.8 Å². The number of hydrogen-bond acceptors (Lipinski definition) is 6. The zero-order valence-electron chi connectivity index (χ0n) is 16.6. The van der Waals surface area contributed by atoms with E-state index in [0.717, 1.165) is 36.8 Å². The molecule has 1 aromatic rings. The van der Waals surface area contributed by atoms with Gasteiger partial charge < -0.3 is 10.1 Å². The third-order valence-electron chi connectivity index (χ3n) is 4.32. The van der Waals surface area contributed by atoms with Gasteiger partial charge in [-0.25, -0.2) is 13.2 Å². The van der Waals surface area contributed by atoms with Crippen molar-refractivity contribution < 1.29 is 27.5 Å². The Bertz CT molecular complexity index is 867. The Morgan fingerprint density at radius 2 is 1.79 bits per heavy atom. The highest BCUT2D eigenvalue weighted by atomic mass is 32.2. The second-order valence-corrected chi connectivity index (χ2v) is 9.04. The average molecular weight is 426 g/mol. The van der Waals surface area contributed by atoms with Crippen molar-refractivity contribution in [1.29, 1.82) is 0 Å². The molecule has 1 aliphatic carbocycles. The van der Waals surface area contributed by atoms with Crippen molar-refractivity contribution in [1.82, 2.24) is 15.4 Å². The van der Waals surface area contributed by atoms with E-state index in [1.807, 2.05) is 19.2 Å². The maximum atomic E-state index is 12.4. The van der Waals surface area contributed by atoms with E-state index in [0.29, 0.717) is 6.54 Å². The summed E-state index contributed by atoms with van der Waals surface area (Å²) in [5.74, 6) is -1.52. The average Bonchev–Trinajstić information content (AvgIpc) is 2.69. The van der Waals surface area contributed by atoms with Crippen LogP contribution in [-0.4, -0.2) is 46.0 Å². The Kier molecular flexibility index (Phi) is 8.15. The Morgan fingerprint density at radius 3 is 2.48 bits per heavy atom. The number of ether oxygens (including phenoxy) is 1. The summed E-state index contributed by atoms with van der Waals surface area (Å²) in [7, 11) is -3.88. The van der Waals surface area contributed by atoms with Gasteiger partial charge >= 0.3 is 12.0 Å². The first-order chi connectivity index (χ1) is 13.7. The van der Waals surface area contributed by atoms with Crippen LogP contribution in [0.5, 0.6) is 0 Å². The largest absolute Gasteiger partial charge is 0.455 e. The Hall–Kier alpha value is -2.46. The first-order valence-corrected chi connectivity index (χ1v) is 11.0. The molecule has 0 saturated heterocycles. The van der Waals surface area contributed by atoms with Crippen LogP contribution in [0.2, 0.25) is 0 Å². The first kappa shape index (κ1) is 22.8. The van der Waals surface area contributed by atoms with Gasteiger partial charge in [-0.15, -0.1) is 0 Å². The lowest BCUT2D eigenvalue weighted by atomic mass is 9.92. The molecule has 0 aliphatic heterocycles. The van der Waals surface area contributed by atoms with Crippen LogP contribution in [0.3, 0.4) is 0 Å². The van der Waals surface area contributed by atoms with Crippen LogP contribution >= 0.6 is 0 Å². The van der Waals surface area contributed by atoms with E-state index in [1.54, 1.807) is 12.1 Å². The van der Waals surface area contributed by atoms with E-state index in [-0.39, 0.29) is 10.8 Å². The minimum atomic E-state index is -3.88. The van der Waals surface area contributed by atoms with Crippen LogP contribution in [0.15, 0.2) is 23.1 Å². The molecule has 0 atom stereocenters. The third-order valence-corrected chi connectivity index (χ3v) is 5.72. The van der Waals surface area contributed by atoms with Crippen molar-refractivity contribution in [2.24, 2.45) is 5.92 Å². The monoisotopic (exact) mass is 425 g/mol. The van der Waals surface area contributed by atoms with Crippen molar-refractivity contribution in [2.45, 2.75) is 44.4 Å². The lowest BCUT2D eigenvalue weighted by Crippen LogP contribution is -2.43. The van der Waals surface area contributed by atoms with Crippen LogP contribution in [0.25, 0.3) is 0 Å². The molecule has 29 heavy (non-hydrogen) atoms. The Morgan fingerprint density at radius 1 is 1.10 bits per heavy atom. The molecule has 2 rings (SSSR count). The number of imide groups is 1. The maximum Gasteiger partial charge on any atom is 0.321 e. The molecule has 3 amide bonds. The van der Waals surface area contributed by atoms with Gasteiger partial charge in [-0.2, -0.15) is 4.72 Å². The number of benzene rings is 1. The zero-order valence-corrected chi connectivity index (χ0v) is 17.4. The number of urea groups is 1. The van der Waals surface area contributed by atoms with Gasteiger partial charge in [0, 0.05) is 6.54 Å². The molecule has 10 heteroatoms. The smallest absolute Gasteiger partial charge is 0.321 e. The van der Waals surface area contributed by atoms with Gasteiger partial charge in [0.25, 0.3) is 5.91 Å². The van der Waals surface area contributed by atoms with E-state index < -0.39 is 41.1 Å². The number of sulfonamides is 1. The summed E-state index contributed by atoms with van der Waals surface area (Å²) in [6.07, 6.45) is 3.89. The van der Waals surface area contributed by atoms with Crippen LogP contribution in [-0.2, 0) is 37.2 Å². The van der Waals surface area contributed by atoms with Crippen LogP contribution in [0, 0.1) is 5.92 Å². The molecular formula is C19H27N3O6S. The minimum absolute atomic E-state index is 0.0884. The fourth-order valence-corrected chi connectivity index (χ4v) is 3.83. The maximum absolute atomic E-state index is 12.4. The lowest BCUT2D eigenvalue weighted by Gasteiger charge is -2.16. The number of rotatable bonds is 8. The Balaban J connectivity index is 1.78. The van der Waals surface area contributed by atoms with Gasteiger partial charge in [0.2, 0.25) is 10.0 Å². The normalized spacial score (nSPS) is 13.5. The van der Waals surface area contributed by atoms with Crippen molar-refractivity contribution in [3.8, 4) is 0 Å². The van der Waals surface area contributed by atoms with Gasteiger partial charge in [0.15, 0.2) is 6.61 Å². The highest BCUT2D eigenvalue weighted by Crippen LogP contribution is 2.23. The summed E-state index contributed by atoms with van der Waals surface area (Å²) < 4.78 is 31.6. The standard InChI is InChI=1S/C19H27N3O6S/c1-13(2)10-20-19(25)22-17(23)12-28-18(24)11-21-29(26,27)16-8-7-14-5-3-4-6-15(14)9-16/h7-9,13,21H,3-6,10-12H2,1-2H3,(H2,20,22,23,25). The van der Waals surface area contributed by atoms with Crippen LogP contribution < -0.4 is 15.4 Å². The van der Waals surface area contributed by atoms with Gasteiger partial charge in [-0.05, 0) is 54.9 Å². The second kappa shape index (κ2) is 10.4. The molecule has 1 aliphatic rings. The molecule has 160 valence electrons.